The minimum Gasteiger partial charge on any atom is -0.325 e. The van der Waals surface area contributed by atoms with Gasteiger partial charge in [-0.3, -0.25) is 4.98 Å². The molecule has 2 aromatic rings. The van der Waals surface area contributed by atoms with Gasteiger partial charge in [-0.05, 0) is 25.7 Å². The SMILES string of the molecule is CC(Cl)c1nc2cncc(Cl)c2n1CCCC1CC1. The monoisotopic (exact) mass is 297 g/mol. The highest BCUT2D eigenvalue weighted by molar-refractivity contribution is 6.34. The van der Waals surface area contributed by atoms with Crippen LogP contribution in [-0.4, -0.2) is 14.5 Å². The Balaban J connectivity index is 1.94. The van der Waals surface area contributed by atoms with E-state index in [9.17, 15) is 0 Å². The molecule has 2 heterocycles. The first-order valence-electron chi connectivity index (χ1n) is 6.80. The van der Waals surface area contributed by atoms with E-state index in [1.54, 1.807) is 12.4 Å². The van der Waals surface area contributed by atoms with Crippen LogP contribution in [0.3, 0.4) is 0 Å². The van der Waals surface area contributed by atoms with E-state index in [0.29, 0.717) is 5.02 Å². The van der Waals surface area contributed by atoms with Gasteiger partial charge in [-0.25, -0.2) is 4.98 Å². The summed E-state index contributed by atoms with van der Waals surface area (Å²) in [6, 6.07) is 0. The Morgan fingerprint density at radius 2 is 2.21 bits per heavy atom. The summed E-state index contributed by atoms with van der Waals surface area (Å²) >= 11 is 12.5. The largest absolute Gasteiger partial charge is 0.325 e. The van der Waals surface area contributed by atoms with Crippen LogP contribution >= 0.6 is 23.2 Å². The van der Waals surface area contributed by atoms with Crippen LogP contribution in [0.15, 0.2) is 12.4 Å². The van der Waals surface area contributed by atoms with E-state index in [1.165, 1.54) is 19.3 Å². The van der Waals surface area contributed by atoms with Gasteiger partial charge in [0.05, 0.1) is 22.1 Å². The first-order valence-corrected chi connectivity index (χ1v) is 7.62. The lowest BCUT2D eigenvalue weighted by Gasteiger charge is -2.10. The summed E-state index contributed by atoms with van der Waals surface area (Å²) in [6.07, 6.45) is 8.67. The van der Waals surface area contributed by atoms with Crippen LogP contribution in [0.1, 0.15) is 43.8 Å². The average molecular weight is 298 g/mol. The molecule has 0 amide bonds. The fourth-order valence-corrected chi connectivity index (χ4v) is 2.96. The number of hydrogen-bond donors (Lipinski definition) is 0. The Morgan fingerprint density at radius 3 is 2.89 bits per heavy atom. The molecule has 1 aliphatic rings. The maximum atomic E-state index is 6.27. The molecule has 1 aliphatic carbocycles. The number of aromatic nitrogens is 3. The van der Waals surface area contributed by atoms with Gasteiger partial charge >= 0.3 is 0 Å². The Kier molecular flexibility index (Phi) is 3.68. The van der Waals surface area contributed by atoms with E-state index in [4.69, 9.17) is 23.2 Å². The maximum absolute atomic E-state index is 6.27. The molecule has 0 aromatic carbocycles. The third-order valence-electron chi connectivity index (χ3n) is 3.68. The third kappa shape index (κ3) is 2.72. The van der Waals surface area contributed by atoms with Gasteiger partial charge in [0.2, 0.25) is 0 Å². The number of imidazole rings is 1. The van der Waals surface area contributed by atoms with Crippen molar-refractivity contribution in [1.29, 1.82) is 0 Å². The second kappa shape index (κ2) is 5.29. The Labute approximate surface area is 122 Å². The van der Waals surface area contributed by atoms with Crippen LogP contribution in [0.5, 0.6) is 0 Å². The van der Waals surface area contributed by atoms with Gasteiger partial charge in [0.1, 0.15) is 11.3 Å². The van der Waals surface area contributed by atoms with Crippen LogP contribution in [-0.2, 0) is 6.54 Å². The minimum absolute atomic E-state index is 0.121. The van der Waals surface area contributed by atoms with Crippen LogP contribution in [0.25, 0.3) is 11.0 Å². The van der Waals surface area contributed by atoms with E-state index in [0.717, 1.165) is 35.7 Å². The number of rotatable bonds is 5. The summed E-state index contributed by atoms with van der Waals surface area (Å²) in [5, 5.41) is 0.532. The van der Waals surface area contributed by atoms with Crippen molar-refractivity contribution >= 4 is 34.2 Å². The average Bonchev–Trinajstić information content (AvgIpc) is 3.10. The molecule has 5 heteroatoms. The number of fused-ring (bicyclic) bond motifs is 1. The standard InChI is InChI=1S/C14H17Cl2N3/c1-9(15)14-18-12-8-17-7-11(16)13(12)19(14)6-2-3-10-4-5-10/h7-10H,2-6H2,1H3. The van der Waals surface area contributed by atoms with Gasteiger partial charge in [0, 0.05) is 12.7 Å². The van der Waals surface area contributed by atoms with Crippen molar-refractivity contribution < 1.29 is 0 Å². The molecule has 2 aromatic heterocycles. The molecule has 3 rings (SSSR count). The summed E-state index contributed by atoms with van der Waals surface area (Å²) in [5.41, 5.74) is 1.80. The molecule has 0 spiro atoms. The fourth-order valence-electron chi connectivity index (χ4n) is 2.54. The first kappa shape index (κ1) is 13.2. The van der Waals surface area contributed by atoms with Crippen LogP contribution < -0.4 is 0 Å². The number of hydrogen-bond acceptors (Lipinski definition) is 2. The summed E-state index contributed by atoms with van der Waals surface area (Å²) < 4.78 is 2.17. The molecule has 0 radical (unpaired) electrons. The zero-order valence-electron chi connectivity index (χ0n) is 10.9. The first-order chi connectivity index (χ1) is 9.16. The predicted molar refractivity (Wildman–Crippen MR) is 78.8 cm³/mol. The molecule has 0 aliphatic heterocycles. The highest BCUT2D eigenvalue weighted by Gasteiger charge is 2.22. The number of alkyl halides is 1. The zero-order chi connectivity index (χ0) is 13.4. The van der Waals surface area contributed by atoms with E-state index < -0.39 is 0 Å². The van der Waals surface area contributed by atoms with Gasteiger partial charge in [0.25, 0.3) is 0 Å². The lowest BCUT2D eigenvalue weighted by molar-refractivity contribution is 0.569. The van der Waals surface area contributed by atoms with E-state index in [-0.39, 0.29) is 5.38 Å². The lowest BCUT2D eigenvalue weighted by atomic mass is 10.2. The minimum atomic E-state index is -0.121. The molecule has 19 heavy (non-hydrogen) atoms. The molecule has 1 saturated carbocycles. The summed E-state index contributed by atoms with van der Waals surface area (Å²) in [6.45, 7) is 2.88. The van der Waals surface area contributed by atoms with E-state index in [2.05, 4.69) is 14.5 Å². The number of aryl methyl sites for hydroxylation is 1. The predicted octanol–water partition coefficient (Wildman–Crippen LogP) is 4.57. The van der Waals surface area contributed by atoms with Crippen molar-refractivity contribution in [2.45, 2.75) is 44.5 Å². The summed E-state index contributed by atoms with van der Waals surface area (Å²) in [5.74, 6) is 1.84. The molecule has 1 atom stereocenters. The van der Waals surface area contributed by atoms with E-state index in [1.807, 2.05) is 6.92 Å². The molecule has 0 bridgehead atoms. The molecule has 1 fully saturated rings. The second-order valence-corrected chi connectivity index (χ2v) is 6.37. The maximum Gasteiger partial charge on any atom is 0.127 e. The third-order valence-corrected chi connectivity index (χ3v) is 4.15. The molecular formula is C14H17Cl2N3. The van der Waals surface area contributed by atoms with Crippen molar-refractivity contribution in [3.63, 3.8) is 0 Å². The van der Waals surface area contributed by atoms with E-state index >= 15 is 0 Å². The smallest absolute Gasteiger partial charge is 0.127 e. The lowest BCUT2D eigenvalue weighted by Crippen LogP contribution is -2.05. The van der Waals surface area contributed by atoms with Crippen molar-refractivity contribution in [1.82, 2.24) is 14.5 Å². The highest BCUT2D eigenvalue weighted by atomic mass is 35.5. The van der Waals surface area contributed by atoms with Crippen molar-refractivity contribution in [2.75, 3.05) is 0 Å². The van der Waals surface area contributed by atoms with Crippen molar-refractivity contribution in [3.05, 3.63) is 23.2 Å². The molecular weight excluding hydrogens is 281 g/mol. The second-order valence-electron chi connectivity index (χ2n) is 5.31. The van der Waals surface area contributed by atoms with Crippen LogP contribution in [0.4, 0.5) is 0 Å². The summed E-state index contributed by atoms with van der Waals surface area (Å²) in [7, 11) is 0. The van der Waals surface area contributed by atoms with Gasteiger partial charge in [-0.15, -0.1) is 11.6 Å². The number of pyridine rings is 1. The topological polar surface area (TPSA) is 30.7 Å². The quantitative estimate of drug-likeness (QED) is 0.757. The van der Waals surface area contributed by atoms with Crippen LogP contribution in [0, 0.1) is 5.92 Å². The zero-order valence-corrected chi connectivity index (χ0v) is 12.5. The van der Waals surface area contributed by atoms with Crippen molar-refractivity contribution in [2.24, 2.45) is 5.92 Å². The Hall–Kier alpha value is -0.800. The van der Waals surface area contributed by atoms with Gasteiger partial charge in [0.15, 0.2) is 0 Å². The molecule has 3 nitrogen and oxygen atoms in total. The summed E-state index contributed by atoms with van der Waals surface area (Å²) in [4.78, 5) is 8.66. The highest BCUT2D eigenvalue weighted by Crippen LogP contribution is 2.34. The molecule has 1 unspecified atom stereocenters. The van der Waals surface area contributed by atoms with Crippen molar-refractivity contribution in [3.8, 4) is 0 Å². The normalized spacial score (nSPS) is 17.0. The molecule has 102 valence electrons. The Bertz CT molecular complexity index is 588. The fraction of sp³-hybridized carbons (Fsp3) is 0.571. The van der Waals surface area contributed by atoms with Gasteiger partial charge in [-0.1, -0.05) is 24.4 Å². The molecule has 0 saturated heterocycles. The number of halogens is 2. The molecule has 0 N–H and O–H groups in total. The van der Waals surface area contributed by atoms with Gasteiger partial charge in [-0.2, -0.15) is 0 Å². The number of nitrogens with zero attached hydrogens (tertiary/aromatic N) is 3. The van der Waals surface area contributed by atoms with Crippen LogP contribution in [0.2, 0.25) is 5.02 Å². The van der Waals surface area contributed by atoms with Gasteiger partial charge < -0.3 is 4.57 Å². The Morgan fingerprint density at radius 1 is 1.42 bits per heavy atom.